The van der Waals surface area contributed by atoms with Crippen molar-refractivity contribution in [2.24, 2.45) is 5.73 Å². The van der Waals surface area contributed by atoms with Crippen molar-refractivity contribution in [2.45, 2.75) is 18.4 Å². The molecule has 0 fully saturated rings. The molecule has 0 heterocycles. The molecule has 1 atom stereocenters. The number of rotatable bonds is 5. The summed E-state index contributed by atoms with van der Waals surface area (Å²) in [6, 6.07) is 0.599. The zero-order valence-electron chi connectivity index (χ0n) is 10.9. The van der Waals surface area contributed by atoms with Gasteiger partial charge < -0.3 is 11.1 Å². The van der Waals surface area contributed by atoms with E-state index in [2.05, 4.69) is 11.9 Å². The van der Waals surface area contributed by atoms with Gasteiger partial charge in [0.2, 0.25) is 0 Å². The highest BCUT2D eigenvalue weighted by atomic mass is 19.4. The van der Waals surface area contributed by atoms with Crippen LogP contribution in [0, 0.1) is 0 Å². The molecule has 3 N–H and O–H groups in total. The average molecular weight is 312 g/mol. The lowest BCUT2D eigenvalue weighted by atomic mass is 9.99. The SMILES string of the molecule is C=CCNC(CN)c1cc(C(F)(F)F)cc(C(F)(F)F)c1. The smallest absolute Gasteiger partial charge is 0.329 e. The summed E-state index contributed by atoms with van der Waals surface area (Å²) in [6.45, 7) is 3.47. The van der Waals surface area contributed by atoms with Crippen molar-refractivity contribution in [1.82, 2.24) is 5.32 Å². The number of alkyl halides is 6. The van der Waals surface area contributed by atoms with Gasteiger partial charge in [-0.1, -0.05) is 6.08 Å². The molecular weight excluding hydrogens is 298 g/mol. The molecule has 0 saturated heterocycles. The van der Waals surface area contributed by atoms with Crippen LogP contribution in [0.25, 0.3) is 0 Å². The van der Waals surface area contributed by atoms with E-state index < -0.39 is 29.5 Å². The fourth-order valence-electron chi connectivity index (χ4n) is 1.74. The third-order valence-corrected chi connectivity index (χ3v) is 2.76. The van der Waals surface area contributed by atoms with Gasteiger partial charge in [0, 0.05) is 19.1 Å². The van der Waals surface area contributed by atoms with E-state index in [-0.39, 0.29) is 24.7 Å². The van der Waals surface area contributed by atoms with E-state index in [1.54, 1.807) is 0 Å². The largest absolute Gasteiger partial charge is 0.416 e. The molecule has 0 saturated carbocycles. The van der Waals surface area contributed by atoms with Crippen LogP contribution in [0.1, 0.15) is 22.7 Å². The van der Waals surface area contributed by atoms with Crippen molar-refractivity contribution < 1.29 is 26.3 Å². The molecule has 1 rings (SSSR count). The van der Waals surface area contributed by atoms with Crippen molar-refractivity contribution in [3.05, 3.63) is 47.5 Å². The average Bonchev–Trinajstić information content (AvgIpc) is 2.37. The van der Waals surface area contributed by atoms with Gasteiger partial charge in [-0.2, -0.15) is 26.3 Å². The Morgan fingerprint density at radius 2 is 1.52 bits per heavy atom. The van der Waals surface area contributed by atoms with E-state index in [9.17, 15) is 26.3 Å². The lowest BCUT2D eigenvalue weighted by Gasteiger charge is -2.20. The first kappa shape index (κ1) is 17.5. The summed E-state index contributed by atoms with van der Waals surface area (Å²) in [5.41, 5.74) is 2.53. The molecule has 0 aliphatic heterocycles. The Bertz CT molecular complexity index is 460. The molecule has 0 spiro atoms. The normalized spacial score (nSPS) is 14.0. The summed E-state index contributed by atoms with van der Waals surface area (Å²) in [6.07, 6.45) is -8.30. The van der Waals surface area contributed by atoms with Gasteiger partial charge in [0.1, 0.15) is 0 Å². The maximum atomic E-state index is 12.7. The number of nitrogens with two attached hydrogens (primary N) is 1. The van der Waals surface area contributed by atoms with Crippen molar-refractivity contribution in [1.29, 1.82) is 0 Å². The predicted octanol–water partition coefficient (Wildman–Crippen LogP) is 3.50. The summed E-state index contributed by atoms with van der Waals surface area (Å²) in [5, 5.41) is 2.71. The van der Waals surface area contributed by atoms with Crippen molar-refractivity contribution in [3.63, 3.8) is 0 Å². The second-order valence-electron chi connectivity index (χ2n) is 4.32. The second-order valence-corrected chi connectivity index (χ2v) is 4.32. The summed E-state index contributed by atoms with van der Waals surface area (Å²) in [4.78, 5) is 0. The first-order chi connectivity index (χ1) is 9.59. The molecule has 1 aromatic rings. The number of nitrogens with one attached hydrogen (secondary N) is 1. The summed E-state index contributed by atoms with van der Waals surface area (Å²) < 4.78 is 76.3. The van der Waals surface area contributed by atoms with E-state index in [1.807, 2.05) is 0 Å². The Kier molecular flexibility index (Phi) is 5.41. The Labute approximate surface area is 117 Å². The molecule has 0 aromatic heterocycles. The molecule has 0 bridgehead atoms. The van der Waals surface area contributed by atoms with E-state index in [0.717, 1.165) is 0 Å². The van der Waals surface area contributed by atoms with Crippen LogP contribution >= 0.6 is 0 Å². The van der Waals surface area contributed by atoms with Crippen LogP contribution < -0.4 is 11.1 Å². The van der Waals surface area contributed by atoms with Gasteiger partial charge in [0.15, 0.2) is 0 Å². The molecular formula is C13H14F6N2. The van der Waals surface area contributed by atoms with Gasteiger partial charge in [0.05, 0.1) is 11.1 Å². The number of hydrogen-bond acceptors (Lipinski definition) is 2. The molecule has 8 heteroatoms. The zero-order valence-corrected chi connectivity index (χ0v) is 10.9. The molecule has 0 aliphatic rings. The second kappa shape index (κ2) is 6.48. The Hall–Kier alpha value is -1.54. The Balaban J connectivity index is 3.33. The Morgan fingerprint density at radius 1 is 1.05 bits per heavy atom. The van der Waals surface area contributed by atoms with Crippen LogP contribution in [-0.2, 0) is 12.4 Å². The minimum absolute atomic E-state index is 0.0879. The fourth-order valence-corrected chi connectivity index (χ4v) is 1.74. The molecule has 2 nitrogen and oxygen atoms in total. The van der Waals surface area contributed by atoms with Gasteiger partial charge in [-0.25, -0.2) is 0 Å². The molecule has 0 aliphatic carbocycles. The molecule has 0 radical (unpaired) electrons. The molecule has 21 heavy (non-hydrogen) atoms. The van der Waals surface area contributed by atoms with Crippen LogP contribution in [0.5, 0.6) is 0 Å². The minimum Gasteiger partial charge on any atom is -0.329 e. The number of benzene rings is 1. The fraction of sp³-hybridized carbons (Fsp3) is 0.385. The highest BCUT2D eigenvalue weighted by Crippen LogP contribution is 2.37. The van der Waals surface area contributed by atoms with Crippen LogP contribution in [0.4, 0.5) is 26.3 Å². The predicted molar refractivity (Wildman–Crippen MR) is 66.4 cm³/mol. The lowest BCUT2D eigenvalue weighted by Crippen LogP contribution is -2.29. The van der Waals surface area contributed by atoms with Gasteiger partial charge in [-0.05, 0) is 23.8 Å². The number of hydrogen-bond donors (Lipinski definition) is 2. The summed E-state index contributed by atoms with van der Waals surface area (Å²) in [5.74, 6) is 0. The lowest BCUT2D eigenvalue weighted by molar-refractivity contribution is -0.143. The zero-order chi connectivity index (χ0) is 16.3. The van der Waals surface area contributed by atoms with Crippen LogP contribution in [0.15, 0.2) is 30.9 Å². The standard InChI is InChI=1S/C13H14F6N2/c1-2-3-21-11(7-20)8-4-9(12(14,15)16)6-10(5-8)13(17,18)19/h2,4-6,11,21H,1,3,7,20H2. The quantitative estimate of drug-likeness (QED) is 0.645. The van der Waals surface area contributed by atoms with Gasteiger partial charge in [-0.15, -0.1) is 6.58 Å². The molecule has 1 aromatic carbocycles. The van der Waals surface area contributed by atoms with Gasteiger partial charge in [0.25, 0.3) is 0 Å². The molecule has 1 unspecified atom stereocenters. The third kappa shape index (κ3) is 4.75. The minimum atomic E-state index is -4.87. The van der Waals surface area contributed by atoms with Gasteiger partial charge in [-0.3, -0.25) is 0 Å². The van der Waals surface area contributed by atoms with Crippen molar-refractivity contribution in [2.75, 3.05) is 13.1 Å². The highest BCUT2D eigenvalue weighted by molar-refractivity contribution is 5.35. The first-order valence-corrected chi connectivity index (χ1v) is 5.93. The molecule has 0 amide bonds. The van der Waals surface area contributed by atoms with E-state index in [0.29, 0.717) is 12.1 Å². The van der Waals surface area contributed by atoms with Crippen molar-refractivity contribution in [3.8, 4) is 0 Å². The number of halogens is 6. The van der Waals surface area contributed by atoms with Crippen LogP contribution in [-0.4, -0.2) is 13.1 Å². The van der Waals surface area contributed by atoms with Crippen molar-refractivity contribution >= 4 is 0 Å². The monoisotopic (exact) mass is 312 g/mol. The summed E-state index contributed by atoms with van der Waals surface area (Å²) in [7, 11) is 0. The molecule has 118 valence electrons. The first-order valence-electron chi connectivity index (χ1n) is 5.93. The van der Waals surface area contributed by atoms with Gasteiger partial charge >= 0.3 is 12.4 Å². The highest BCUT2D eigenvalue weighted by Gasteiger charge is 2.37. The maximum absolute atomic E-state index is 12.7. The van der Waals surface area contributed by atoms with Crippen LogP contribution in [0.2, 0.25) is 0 Å². The summed E-state index contributed by atoms with van der Waals surface area (Å²) >= 11 is 0. The van der Waals surface area contributed by atoms with E-state index in [1.165, 1.54) is 6.08 Å². The maximum Gasteiger partial charge on any atom is 0.416 e. The Morgan fingerprint density at radius 3 is 1.86 bits per heavy atom. The van der Waals surface area contributed by atoms with E-state index >= 15 is 0 Å². The topological polar surface area (TPSA) is 38.0 Å². The van der Waals surface area contributed by atoms with Crippen LogP contribution in [0.3, 0.4) is 0 Å². The van der Waals surface area contributed by atoms with E-state index in [4.69, 9.17) is 5.73 Å². The third-order valence-electron chi connectivity index (χ3n) is 2.76.